The number of hydrogen-bond donors (Lipinski definition) is 1. The van der Waals surface area contributed by atoms with Crippen molar-refractivity contribution in [2.24, 2.45) is 0 Å². The Balaban J connectivity index is 1.88. The number of carbonyl (C=O) groups excluding carboxylic acids is 1. The predicted molar refractivity (Wildman–Crippen MR) is 85.8 cm³/mol. The van der Waals surface area contributed by atoms with Crippen LogP contribution in [0, 0.1) is 10.1 Å². The average molecular weight is 345 g/mol. The second-order valence-electron chi connectivity index (χ2n) is 4.70. The lowest BCUT2D eigenvalue weighted by atomic mass is 10.1. The Hall–Kier alpha value is -3.26. The van der Waals surface area contributed by atoms with E-state index in [1.165, 1.54) is 12.1 Å². The third kappa shape index (κ3) is 3.08. The second kappa shape index (κ2) is 6.47. The van der Waals surface area contributed by atoms with Crippen LogP contribution in [0.3, 0.4) is 0 Å². The minimum absolute atomic E-state index is 0.0513. The van der Waals surface area contributed by atoms with Crippen molar-refractivity contribution < 1.29 is 14.3 Å². The molecule has 0 aliphatic heterocycles. The number of nitro benzene ring substituents is 1. The van der Waals surface area contributed by atoms with Crippen molar-refractivity contribution in [3.8, 4) is 11.3 Å². The summed E-state index contributed by atoms with van der Waals surface area (Å²) in [6, 6.07) is 12.8. The number of anilines is 1. The van der Waals surface area contributed by atoms with Gasteiger partial charge in [-0.05, 0) is 22.4 Å². The first kappa shape index (κ1) is 15.6. The number of carbonyl (C=O) groups is 1. The summed E-state index contributed by atoms with van der Waals surface area (Å²) in [5.41, 5.74) is 0.766. The third-order valence-electron chi connectivity index (χ3n) is 3.17. The largest absolute Gasteiger partial charge is 0.302 e. The number of nitrogens with one attached hydrogen (secondary N) is 1. The maximum atomic E-state index is 12.3. The molecular weight excluding hydrogens is 336 g/mol. The summed E-state index contributed by atoms with van der Waals surface area (Å²) in [5, 5.41) is 20.8. The molecule has 0 bridgehead atoms. The highest BCUT2D eigenvalue weighted by Gasteiger charge is 2.19. The van der Waals surface area contributed by atoms with Gasteiger partial charge in [0.2, 0.25) is 5.82 Å². The molecule has 8 nitrogen and oxygen atoms in total. The fraction of sp³-hybridized carbons (Fsp3) is 0. The molecule has 0 fully saturated rings. The van der Waals surface area contributed by atoms with Crippen LogP contribution in [0.25, 0.3) is 11.3 Å². The van der Waals surface area contributed by atoms with Gasteiger partial charge >= 0.3 is 0 Å². The molecule has 0 aliphatic rings. The fourth-order valence-corrected chi connectivity index (χ4v) is 2.22. The maximum Gasteiger partial charge on any atom is 0.288 e. The number of benzene rings is 2. The Bertz CT molecular complexity index is 911. The molecule has 0 radical (unpaired) electrons. The number of hydrogen-bond acceptors (Lipinski definition) is 6. The van der Waals surface area contributed by atoms with E-state index >= 15 is 0 Å². The van der Waals surface area contributed by atoms with Gasteiger partial charge in [-0.15, -0.1) is 0 Å². The molecule has 1 aromatic heterocycles. The molecule has 9 heteroatoms. The van der Waals surface area contributed by atoms with E-state index in [4.69, 9.17) is 11.6 Å². The van der Waals surface area contributed by atoms with E-state index in [1.54, 1.807) is 24.3 Å². The second-order valence-corrected chi connectivity index (χ2v) is 5.11. The molecule has 0 saturated carbocycles. The van der Waals surface area contributed by atoms with E-state index in [0.29, 0.717) is 11.3 Å². The summed E-state index contributed by atoms with van der Waals surface area (Å²) in [7, 11) is 0. The molecule has 1 amide bonds. The molecule has 2 aromatic carbocycles. The molecule has 0 unspecified atom stereocenters. The van der Waals surface area contributed by atoms with Crippen LogP contribution >= 0.6 is 11.6 Å². The van der Waals surface area contributed by atoms with Crippen molar-refractivity contribution in [1.29, 1.82) is 0 Å². The molecule has 1 heterocycles. The summed E-state index contributed by atoms with van der Waals surface area (Å²) in [6.07, 6.45) is 0. The molecule has 3 rings (SSSR count). The van der Waals surface area contributed by atoms with E-state index in [9.17, 15) is 14.9 Å². The van der Waals surface area contributed by atoms with Gasteiger partial charge in [0.1, 0.15) is 5.02 Å². The van der Waals surface area contributed by atoms with Crippen LogP contribution < -0.4 is 5.32 Å². The van der Waals surface area contributed by atoms with Crippen LogP contribution in [-0.2, 0) is 0 Å². The standard InChI is InChI=1S/C15H9ClN4O4/c16-11-7-6-10(8-12(11)20(22)23)15(21)17-14-13(18-24-19-14)9-4-2-1-3-5-9/h1-8H,(H,17,19,21). The first-order valence-electron chi connectivity index (χ1n) is 6.69. The lowest BCUT2D eigenvalue weighted by Crippen LogP contribution is -2.13. The minimum Gasteiger partial charge on any atom is -0.302 e. The SMILES string of the molecule is O=C(Nc1nonc1-c1ccccc1)c1ccc(Cl)c([N+](=O)[O-])c1. The van der Waals surface area contributed by atoms with Gasteiger partial charge in [0, 0.05) is 17.2 Å². The zero-order valence-corrected chi connectivity index (χ0v) is 12.7. The van der Waals surface area contributed by atoms with E-state index in [-0.39, 0.29) is 22.1 Å². The summed E-state index contributed by atoms with van der Waals surface area (Å²) in [5.74, 6) is -0.480. The quantitative estimate of drug-likeness (QED) is 0.572. The van der Waals surface area contributed by atoms with Crippen molar-refractivity contribution in [3.05, 3.63) is 69.2 Å². The summed E-state index contributed by atoms with van der Waals surface area (Å²) < 4.78 is 4.67. The van der Waals surface area contributed by atoms with Crippen molar-refractivity contribution in [1.82, 2.24) is 10.3 Å². The van der Waals surface area contributed by atoms with Gasteiger partial charge in [-0.2, -0.15) is 0 Å². The molecule has 1 N–H and O–H groups in total. The average Bonchev–Trinajstić information content (AvgIpc) is 3.03. The van der Waals surface area contributed by atoms with Gasteiger partial charge in [-0.3, -0.25) is 14.9 Å². The smallest absolute Gasteiger partial charge is 0.288 e. The molecule has 3 aromatic rings. The van der Waals surface area contributed by atoms with Crippen LogP contribution in [0.15, 0.2) is 53.2 Å². The number of aromatic nitrogens is 2. The highest BCUT2D eigenvalue weighted by atomic mass is 35.5. The molecule has 24 heavy (non-hydrogen) atoms. The van der Waals surface area contributed by atoms with E-state index in [2.05, 4.69) is 20.3 Å². The molecule has 0 atom stereocenters. The lowest BCUT2D eigenvalue weighted by Gasteiger charge is -2.04. The minimum atomic E-state index is -0.661. The van der Waals surface area contributed by atoms with Crippen LogP contribution in [0.2, 0.25) is 5.02 Å². The first-order chi connectivity index (χ1) is 11.6. The highest BCUT2D eigenvalue weighted by molar-refractivity contribution is 6.32. The van der Waals surface area contributed by atoms with Gasteiger partial charge in [-0.25, -0.2) is 4.63 Å². The maximum absolute atomic E-state index is 12.3. The van der Waals surface area contributed by atoms with Crippen molar-refractivity contribution >= 4 is 29.0 Å². The van der Waals surface area contributed by atoms with Crippen LogP contribution in [-0.4, -0.2) is 21.1 Å². The van der Waals surface area contributed by atoms with Gasteiger partial charge in [-0.1, -0.05) is 41.9 Å². The van der Waals surface area contributed by atoms with Crippen molar-refractivity contribution in [2.45, 2.75) is 0 Å². The number of amides is 1. The van der Waals surface area contributed by atoms with E-state index in [1.807, 2.05) is 6.07 Å². The summed E-state index contributed by atoms with van der Waals surface area (Å²) in [4.78, 5) is 22.5. The number of halogens is 1. The van der Waals surface area contributed by atoms with E-state index < -0.39 is 10.8 Å². The zero-order chi connectivity index (χ0) is 17.1. The molecule has 0 saturated heterocycles. The third-order valence-corrected chi connectivity index (χ3v) is 3.49. The Labute approximate surface area is 140 Å². The lowest BCUT2D eigenvalue weighted by molar-refractivity contribution is -0.384. The van der Waals surface area contributed by atoms with E-state index in [0.717, 1.165) is 6.07 Å². The highest BCUT2D eigenvalue weighted by Crippen LogP contribution is 2.27. The van der Waals surface area contributed by atoms with Crippen molar-refractivity contribution in [2.75, 3.05) is 5.32 Å². The normalized spacial score (nSPS) is 10.4. The van der Waals surface area contributed by atoms with Gasteiger partial charge < -0.3 is 5.32 Å². The first-order valence-corrected chi connectivity index (χ1v) is 7.07. The number of rotatable bonds is 4. The molecule has 0 spiro atoms. The Morgan fingerprint density at radius 1 is 1.17 bits per heavy atom. The molecule has 0 aliphatic carbocycles. The summed E-state index contributed by atoms with van der Waals surface area (Å²) >= 11 is 5.73. The van der Waals surface area contributed by atoms with Gasteiger partial charge in [0.05, 0.1) is 4.92 Å². The zero-order valence-electron chi connectivity index (χ0n) is 12.0. The molecule has 120 valence electrons. The Morgan fingerprint density at radius 2 is 1.92 bits per heavy atom. The van der Waals surface area contributed by atoms with Crippen LogP contribution in [0.5, 0.6) is 0 Å². The van der Waals surface area contributed by atoms with Gasteiger partial charge in [0.15, 0.2) is 5.69 Å². The molecular formula is C15H9ClN4O4. The van der Waals surface area contributed by atoms with Crippen molar-refractivity contribution in [3.63, 3.8) is 0 Å². The van der Waals surface area contributed by atoms with Gasteiger partial charge in [0.25, 0.3) is 11.6 Å². The number of nitrogens with zero attached hydrogens (tertiary/aromatic N) is 3. The summed E-state index contributed by atoms with van der Waals surface area (Å²) in [6.45, 7) is 0. The fourth-order valence-electron chi connectivity index (χ4n) is 2.03. The Morgan fingerprint density at radius 3 is 2.62 bits per heavy atom. The Kier molecular flexibility index (Phi) is 4.21. The van der Waals surface area contributed by atoms with Crippen LogP contribution in [0.4, 0.5) is 11.5 Å². The topological polar surface area (TPSA) is 111 Å². The predicted octanol–water partition coefficient (Wildman–Crippen LogP) is 3.55. The number of nitro groups is 1. The van der Waals surface area contributed by atoms with Crippen LogP contribution in [0.1, 0.15) is 10.4 Å². The monoisotopic (exact) mass is 344 g/mol.